The molecule has 0 bridgehead atoms. The van der Waals surface area contributed by atoms with Gasteiger partial charge in [0.1, 0.15) is 0 Å². The molecule has 1 N–H and O–H groups in total. The van der Waals surface area contributed by atoms with Crippen LogP contribution in [0, 0.1) is 0 Å². The molecular weight excluding hydrogens is 404 g/mol. The number of carbonyl (C=O) groups is 3. The van der Waals surface area contributed by atoms with Crippen molar-refractivity contribution in [1.29, 1.82) is 0 Å². The van der Waals surface area contributed by atoms with Crippen molar-refractivity contribution in [3.63, 3.8) is 0 Å². The fourth-order valence-electron chi connectivity index (χ4n) is 3.32. The number of sulfone groups is 1. The predicted octanol–water partition coefficient (Wildman–Crippen LogP) is 3.14. The summed E-state index contributed by atoms with van der Waals surface area (Å²) in [6, 6.07) is 18.7. The van der Waals surface area contributed by atoms with Gasteiger partial charge in [0.2, 0.25) is 0 Å². The van der Waals surface area contributed by atoms with Crippen molar-refractivity contribution >= 4 is 38.9 Å². The van der Waals surface area contributed by atoms with E-state index in [1.165, 1.54) is 24.3 Å². The zero-order chi connectivity index (χ0) is 21.5. The number of hydrogen-bond acceptors (Lipinski definition) is 5. The molecule has 30 heavy (non-hydrogen) atoms. The van der Waals surface area contributed by atoms with E-state index in [9.17, 15) is 22.8 Å². The van der Waals surface area contributed by atoms with Crippen LogP contribution in [0.15, 0.2) is 77.7 Å². The van der Waals surface area contributed by atoms with Crippen molar-refractivity contribution in [3.8, 4) is 0 Å². The minimum Gasteiger partial charge on any atom is -0.322 e. The van der Waals surface area contributed by atoms with Crippen LogP contribution in [-0.4, -0.2) is 32.4 Å². The number of hydrogen-bond donors (Lipinski definition) is 1. The molecule has 0 unspecified atom stereocenters. The molecule has 4 rings (SSSR count). The zero-order valence-electron chi connectivity index (χ0n) is 15.8. The Morgan fingerprint density at radius 1 is 0.833 bits per heavy atom. The van der Waals surface area contributed by atoms with Crippen molar-refractivity contribution in [1.82, 2.24) is 0 Å². The Morgan fingerprint density at radius 2 is 1.43 bits per heavy atom. The Kier molecular flexibility index (Phi) is 4.71. The number of amides is 3. The summed E-state index contributed by atoms with van der Waals surface area (Å²) in [6.45, 7) is 0. The monoisotopic (exact) mass is 420 g/mol. The van der Waals surface area contributed by atoms with E-state index in [-0.39, 0.29) is 10.5 Å². The van der Waals surface area contributed by atoms with Gasteiger partial charge >= 0.3 is 0 Å². The third kappa shape index (κ3) is 3.37. The van der Waals surface area contributed by atoms with Gasteiger partial charge in [0.25, 0.3) is 17.7 Å². The highest BCUT2D eigenvalue weighted by molar-refractivity contribution is 7.90. The van der Waals surface area contributed by atoms with Gasteiger partial charge in [0, 0.05) is 11.9 Å². The largest absolute Gasteiger partial charge is 0.322 e. The van der Waals surface area contributed by atoms with Crippen LogP contribution in [0.2, 0.25) is 0 Å². The first kappa shape index (κ1) is 19.5. The summed E-state index contributed by atoms with van der Waals surface area (Å²) in [6.07, 6.45) is 1.03. The second-order valence-corrected chi connectivity index (χ2v) is 8.75. The average molecular weight is 420 g/mol. The Bertz CT molecular complexity index is 1280. The third-order valence-electron chi connectivity index (χ3n) is 4.69. The van der Waals surface area contributed by atoms with Crippen LogP contribution in [0.1, 0.15) is 31.1 Å². The lowest BCUT2D eigenvalue weighted by molar-refractivity contribution is 0.0925. The van der Waals surface area contributed by atoms with Crippen molar-refractivity contribution < 1.29 is 22.8 Å². The van der Waals surface area contributed by atoms with Crippen molar-refractivity contribution in [2.45, 2.75) is 4.90 Å². The van der Waals surface area contributed by atoms with Crippen LogP contribution in [0.5, 0.6) is 0 Å². The van der Waals surface area contributed by atoms with Crippen LogP contribution >= 0.6 is 0 Å². The average Bonchev–Trinajstić information content (AvgIpc) is 2.98. The molecule has 0 radical (unpaired) electrons. The lowest BCUT2D eigenvalue weighted by Crippen LogP contribution is -2.29. The minimum atomic E-state index is -3.60. The number of nitrogens with one attached hydrogen (secondary N) is 1. The number of anilines is 2. The van der Waals surface area contributed by atoms with Gasteiger partial charge in [-0.3, -0.25) is 14.4 Å². The number of carbonyl (C=O) groups excluding carboxylic acids is 3. The molecule has 150 valence electrons. The molecule has 0 spiro atoms. The third-order valence-corrected chi connectivity index (χ3v) is 5.84. The molecule has 1 heterocycles. The summed E-state index contributed by atoms with van der Waals surface area (Å²) in [5.74, 6) is -1.50. The van der Waals surface area contributed by atoms with Gasteiger partial charge in [-0.1, -0.05) is 30.3 Å². The number of imide groups is 1. The van der Waals surface area contributed by atoms with E-state index in [4.69, 9.17) is 0 Å². The molecule has 0 fully saturated rings. The van der Waals surface area contributed by atoms with Crippen LogP contribution in [0.3, 0.4) is 0 Å². The van der Waals surface area contributed by atoms with E-state index >= 15 is 0 Å². The van der Waals surface area contributed by atoms with Gasteiger partial charge in [0.15, 0.2) is 9.84 Å². The maximum absolute atomic E-state index is 12.7. The SMILES string of the molecule is CS(=O)(=O)c1ccccc1C(=O)Nc1cccc(N2C(=O)c3ccccc3C2=O)c1. The van der Waals surface area contributed by atoms with E-state index in [1.54, 1.807) is 48.5 Å². The minimum absolute atomic E-state index is 0.00568. The lowest BCUT2D eigenvalue weighted by Gasteiger charge is -2.15. The van der Waals surface area contributed by atoms with E-state index in [2.05, 4.69) is 5.32 Å². The summed E-state index contributed by atoms with van der Waals surface area (Å²) in [7, 11) is -3.60. The van der Waals surface area contributed by atoms with Gasteiger partial charge in [-0.2, -0.15) is 0 Å². The molecule has 8 heteroatoms. The first-order valence-corrected chi connectivity index (χ1v) is 10.8. The van der Waals surface area contributed by atoms with Crippen molar-refractivity contribution in [2.24, 2.45) is 0 Å². The second kappa shape index (κ2) is 7.23. The van der Waals surface area contributed by atoms with E-state index < -0.39 is 27.6 Å². The Labute approximate surface area is 172 Å². The van der Waals surface area contributed by atoms with Gasteiger partial charge in [-0.05, 0) is 42.5 Å². The highest BCUT2D eigenvalue weighted by Gasteiger charge is 2.36. The molecule has 0 aromatic heterocycles. The van der Waals surface area contributed by atoms with Crippen LogP contribution in [0.25, 0.3) is 0 Å². The summed E-state index contributed by atoms with van der Waals surface area (Å²) >= 11 is 0. The summed E-state index contributed by atoms with van der Waals surface area (Å²) < 4.78 is 23.9. The molecule has 0 aliphatic carbocycles. The smallest absolute Gasteiger partial charge is 0.266 e. The first-order valence-electron chi connectivity index (χ1n) is 8.95. The second-order valence-electron chi connectivity index (χ2n) is 6.76. The van der Waals surface area contributed by atoms with Crippen molar-refractivity contribution in [3.05, 3.63) is 89.5 Å². The molecule has 0 atom stereocenters. The Morgan fingerprint density at radius 3 is 2.07 bits per heavy atom. The van der Waals surface area contributed by atoms with Crippen LogP contribution < -0.4 is 10.2 Å². The predicted molar refractivity (Wildman–Crippen MR) is 112 cm³/mol. The highest BCUT2D eigenvalue weighted by Crippen LogP contribution is 2.30. The van der Waals surface area contributed by atoms with Gasteiger partial charge in [-0.25, -0.2) is 13.3 Å². The molecule has 7 nitrogen and oxygen atoms in total. The van der Waals surface area contributed by atoms with E-state index in [0.717, 1.165) is 11.2 Å². The maximum Gasteiger partial charge on any atom is 0.266 e. The number of benzene rings is 3. The maximum atomic E-state index is 12.7. The van der Waals surface area contributed by atoms with E-state index in [1.807, 2.05) is 0 Å². The van der Waals surface area contributed by atoms with Gasteiger partial charge in [0.05, 0.1) is 27.3 Å². The van der Waals surface area contributed by atoms with Gasteiger partial charge in [-0.15, -0.1) is 0 Å². The lowest BCUT2D eigenvalue weighted by atomic mass is 10.1. The number of rotatable bonds is 4. The molecule has 3 aromatic rings. The quantitative estimate of drug-likeness (QED) is 0.654. The van der Waals surface area contributed by atoms with Crippen LogP contribution in [-0.2, 0) is 9.84 Å². The molecule has 1 aliphatic rings. The molecule has 3 aromatic carbocycles. The molecule has 1 aliphatic heterocycles. The van der Waals surface area contributed by atoms with Crippen LogP contribution in [0.4, 0.5) is 11.4 Å². The number of fused-ring (bicyclic) bond motifs is 1. The zero-order valence-corrected chi connectivity index (χ0v) is 16.6. The first-order chi connectivity index (χ1) is 14.3. The molecule has 0 saturated carbocycles. The van der Waals surface area contributed by atoms with Crippen molar-refractivity contribution in [2.75, 3.05) is 16.5 Å². The molecular formula is C22H16N2O5S. The van der Waals surface area contributed by atoms with E-state index in [0.29, 0.717) is 22.5 Å². The standard InChI is InChI=1S/C22H16N2O5S/c1-30(28,29)19-12-5-4-11-18(19)20(25)23-14-7-6-8-15(13-14)24-21(26)16-9-2-3-10-17(16)22(24)27/h2-13H,1H3,(H,23,25). The molecule has 0 saturated heterocycles. The summed E-state index contributed by atoms with van der Waals surface area (Å²) in [4.78, 5) is 39.0. The van der Waals surface area contributed by atoms with Gasteiger partial charge < -0.3 is 5.32 Å². The summed E-state index contributed by atoms with van der Waals surface area (Å²) in [5.41, 5.74) is 1.26. The fraction of sp³-hybridized carbons (Fsp3) is 0.0455. The Hall–Kier alpha value is -3.78. The molecule has 3 amide bonds. The fourth-order valence-corrected chi connectivity index (χ4v) is 4.21. The number of nitrogens with zero attached hydrogens (tertiary/aromatic N) is 1. The summed E-state index contributed by atoms with van der Waals surface area (Å²) in [5, 5.41) is 2.63. The topological polar surface area (TPSA) is 101 Å². The normalized spacial score (nSPS) is 13.3. The Balaban J connectivity index is 1.64. The highest BCUT2D eigenvalue weighted by atomic mass is 32.2.